The minimum Gasteiger partial charge on any atom is -0.393 e. The van der Waals surface area contributed by atoms with Gasteiger partial charge in [0.2, 0.25) is 5.70 Å². The van der Waals surface area contributed by atoms with Crippen LogP contribution in [0.1, 0.15) is 24.0 Å². The number of aliphatic hydroxyl groups excluding tert-OH is 1. The zero-order valence-electron chi connectivity index (χ0n) is 18.6. The summed E-state index contributed by atoms with van der Waals surface area (Å²) in [6.07, 6.45) is 5.87. The Morgan fingerprint density at radius 3 is 2.71 bits per heavy atom. The fourth-order valence-corrected chi connectivity index (χ4v) is 4.83. The standard InChI is InChI=1S/C26H24FN6O/c1-15-11-22(30-17-5-3-2-4-6-17)31-25-19(15)7-8-20(23(25)27)26-32-24(16-12-18(34)13-16)21-14-29-9-10-33(21,26)28/h2-11,14,16,18,34H,12-13,28H2,1H3,(H,30,31)/q+1. The maximum Gasteiger partial charge on any atom is 0.267 e. The number of nitrogens with two attached hydrogens (primary N) is 1. The average Bonchev–Trinajstić information content (AvgIpc) is 3.11. The topological polar surface area (TPSA) is 95.9 Å². The number of rotatable bonds is 4. The molecule has 1 aromatic heterocycles. The van der Waals surface area contributed by atoms with Gasteiger partial charge in [-0.1, -0.05) is 24.3 Å². The van der Waals surface area contributed by atoms with E-state index in [0.717, 1.165) is 22.3 Å². The molecule has 8 heteroatoms. The van der Waals surface area contributed by atoms with Crippen LogP contribution in [0.15, 0.2) is 82.3 Å². The molecule has 1 unspecified atom stereocenters. The predicted molar refractivity (Wildman–Crippen MR) is 131 cm³/mol. The largest absolute Gasteiger partial charge is 0.393 e. The first-order chi connectivity index (χ1) is 16.4. The molecule has 3 aromatic rings. The molecule has 2 aromatic carbocycles. The number of nitrogens with zero attached hydrogens (tertiary/aromatic N) is 4. The van der Waals surface area contributed by atoms with Gasteiger partial charge >= 0.3 is 0 Å². The van der Waals surface area contributed by atoms with Crippen molar-refractivity contribution in [3.8, 4) is 0 Å². The van der Waals surface area contributed by atoms with Crippen molar-refractivity contribution in [2.75, 3.05) is 5.32 Å². The summed E-state index contributed by atoms with van der Waals surface area (Å²) in [5.41, 5.74) is 3.80. The van der Waals surface area contributed by atoms with Crippen molar-refractivity contribution < 1.29 is 14.1 Å². The molecule has 0 saturated heterocycles. The molecule has 4 N–H and O–H groups in total. The van der Waals surface area contributed by atoms with Crippen LogP contribution in [0.2, 0.25) is 0 Å². The van der Waals surface area contributed by atoms with E-state index in [1.54, 1.807) is 24.7 Å². The minimum atomic E-state index is -0.468. The van der Waals surface area contributed by atoms with Gasteiger partial charge in [0.05, 0.1) is 24.1 Å². The van der Waals surface area contributed by atoms with Crippen LogP contribution >= 0.6 is 0 Å². The number of aliphatic imine (C=N–C) groups is 2. The van der Waals surface area contributed by atoms with Crippen molar-refractivity contribution in [2.45, 2.75) is 25.9 Å². The SMILES string of the molecule is Cc1cc(Nc2ccccc2)nc2c(F)c(C3=NC(C4CC(O)C4)=C4C=NC=C[N+]34N)ccc12. The number of nitrogens with one attached hydrogen (secondary N) is 1. The maximum atomic E-state index is 16.1. The molecule has 34 heavy (non-hydrogen) atoms. The van der Waals surface area contributed by atoms with Crippen LogP contribution in [0, 0.1) is 18.7 Å². The zero-order valence-corrected chi connectivity index (χ0v) is 18.6. The van der Waals surface area contributed by atoms with Gasteiger partial charge in [0.15, 0.2) is 5.82 Å². The lowest BCUT2D eigenvalue weighted by Gasteiger charge is -2.31. The van der Waals surface area contributed by atoms with Gasteiger partial charge in [-0.3, -0.25) is 4.99 Å². The van der Waals surface area contributed by atoms with E-state index in [1.165, 1.54) is 0 Å². The van der Waals surface area contributed by atoms with E-state index in [-0.39, 0.29) is 22.1 Å². The molecule has 0 radical (unpaired) electrons. The summed E-state index contributed by atoms with van der Waals surface area (Å²) in [4.78, 5) is 13.6. The number of pyridine rings is 1. The summed E-state index contributed by atoms with van der Waals surface area (Å²) in [7, 11) is 0. The molecule has 1 saturated carbocycles. The number of hydrogen-bond acceptors (Lipinski definition) is 6. The molecule has 0 amide bonds. The smallest absolute Gasteiger partial charge is 0.267 e. The number of allylic oxidation sites excluding steroid dienone is 2. The van der Waals surface area contributed by atoms with E-state index < -0.39 is 5.82 Å². The highest BCUT2D eigenvalue weighted by Crippen LogP contribution is 2.42. The molecule has 3 aliphatic rings. The van der Waals surface area contributed by atoms with Crippen molar-refractivity contribution in [3.63, 3.8) is 0 Å². The first-order valence-electron chi connectivity index (χ1n) is 11.3. The monoisotopic (exact) mass is 455 g/mol. The summed E-state index contributed by atoms with van der Waals surface area (Å²) in [5.74, 6) is 7.32. The van der Waals surface area contributed by atoms with Crippen molar-refractivity contribution in [2.24, 2.45) is 21.7 Å². The number of aryl methyl sites for hydroxylation is 1. The lowest BCUT2D eigenvalue weighted by molar-refractivity contribution is -0.750. The van der Waals surface area contributed by atoms with Crippen LogP contribution < -0.4 is 11.2 Å². The molecular formula is C26H24FN6O+. The Morgan fingerprint density at radius 2 is 1.94 bits per heavy atom. The second kappa shape index (κ2) is 7.66. The quantitative estimate of drug-likeness (QED) is 0.401. The number of benzene rings is 2. The minimum absolute atomic E-state index is 0.0760. The lowest BCUT2D eigenvalue weighted by atomic mass is 9.79. The number of anilines is 2. The number of para-hydroxylation sites is 1. The highest BCUT2D eigenvalue weighted by molar-refractivity contribution is 6.03. The first-order valence-corrected chi connectivity index (χ1v) is 11.3. The molecule has 6 rings (SSSR count). The predicted octanol–water partition coefficient (Wildman–Crippen LogP) is 4.41. The van der Waals surface area contributed by atoms with Crippen LogP contribution in [0.25, 0.3) is 10.9 Å². The molecule has 7 nitrogen and oxygen atoms in total. The number of fused-ring (bicyclic) bond motifs is 2. The van der Waals surface area contributed by atoms with E-state index in [1.807, 2.05) is 49.4 Å². The Labute approximate surface area is 196 Å². The number of halogens is 1. The third-order valence-corrected chi connectivity index (χ3v) is 6.74. The highest BCUT2D eigenvalue weighted by Gasteiger charge is 2.48. The number of hydrogen-bond donors (Lipinski definition) is 3. The van der Waals surface area contributed by atoms with E-state index >= 15 is 4.39 Å². The molecule has 0 spiro atoms. The van der Waals surface area contributed by atoms with Gasteiger partial charge in [-0.05, 0) is 49.6 Å². The second-order valence-electron chi connectivity index (χ2n) is 9.02. The third kappa shape index (κ3) is 3.19. The number of amidine groups is 1. The van der Waals surface area contributed by atoms with Gasteiger partial charge < -0.3 is 10.4 Å². The molecular weight excluding hydrogens is 431 g/mol. The van der Waals surface area contributed by atoms with Gasteiger partial charge in [-0.15, -0.1) is 4.59 Å². The third-order valence-electron chi connectivity index (χ3n) is 6.74. The summed E-state index contributed by atoms with van der Waals surface area (Å²) < 4.78 is 15.8. The van der Waals surface area contributed by atoms with Gasteiger partial charge in [-0.25, -0.2) is 9.37 Å². The molecule has 1 atom stereocenters. The van der Waals surface area contributed by atoms with Crippen molar-refractivity contribution in [1.29, 1.82) is 0 Å². The van der Waals surface area contributed by atoms with Crippen molar-refractivity contribution >= 4 is 34.5 Å². The van der Waals surface area contributed by atoms with Crippen LogP contribution in [0.5, 0.6) is 0 Å². The van der Waals surface area contributed by atoms with Crippen molar-refractivity contribution in [1.82, 2.24) is 4.98 Å². The van der Waals surface area contributed by atoms with Crippen LogP contribution in [0.4, 0.5) is 15.9 Å². The Balaban J connectivity index is 1.46. The Kier molecular flexibility index (Phi) is 4.70. The number of aliphatic hydroxyl groups is 1. The highest BCUT2D eigenvalue weighted by atomic mass is 19.1. The first kappa shape index (κ1) is 20.9. The van der Waals surface area contributed by atoms with E-state index in [4.69, 9.17) is 10.8 Å². The molecule has 2 aliphatic heterocycles. The maximum absolute atomic E-state index is 16.1. The second-order valence-corrected chi connectivity index (χ2v) is 9.02. The van der Waals surface area contributed by atoms with E-state index in [0.29, 0.717) is 35.8 Å². The Morgan fingerprint density at radius 1 is 1.15 bits per heavy atom. The summed E-state index contributed by atoms with van der Waals surface area (Å²) >= 11 is 0. The van der Waals surface area contributed by atoms with E-state index in [9.17, 15) is 5.11 Å². The fourth-order valence-electron chi connectivity index (χ4n) is 4.83. The molecule has 0 bridgehead atoms. The summed E-state index contributed by atoms with van der Waals surface area (Å²) in [5, 5.41) is 13.8. The lowest BCUT2D eigenvalue weighted by Crippen LogP contribution is -2.53. The van der Waals surface area contributed by atoms with Gasteiger partial charge in [-0.2, -0.15) is 10.8 Å². The van der Waals surface area contributed by atoms with Crippen molar-refractivity contribution in [3.05, 3.63) is 89.3 Å². The Bertz CT molecular complexity index is 1440. The van der Waals surface area contributed by atoms with Gasteiger partial charge in [0.1, 0.15) is 23.2 Å². The normalized spacial score (nSPS) is 25.4. The zero-order chi connectivity index (χ0) is 23.4. The van der Waals surface area contributed by atoms with Crippen LogP contribution in [-0.4, -0.2) is 32.8 Å². The summed E-state index contributed by atoms with van der Waals surface area (Å²) in [6.45, 7) is 1.94. The van der Waals surface area contributed by atoms with Crippen LogP contribution in [0.3, 0.4) is 0 Å². The average molecular weight is 456 g/mol. The molecule has 170 valence electrons. The number of aromatic nitrogens is 1. The Hall–Kier alpha value is -3.72. The van der Waals surface area contributed by atoms with E-state index in [2.05, 4.69) is 15.3 Å². The van der Waals surface area contributed by atoms with Gasteiger partial charge in [0, 0.05) is 17.0 Å². The summed E-state index contributed by atoms with van der Waals surface area (Å²) in [6, 6.07) is 15.1. The number of quaternary nitrogens is 1. The fraction of sp³-hybridized carbons (Fsp3) is 0.192. The molecule has 3 heterocycles. The van der Waals surface area contributed by atoms with Gasteiger partial charge in [0.25, 0.3) is 5.84 Å². The molecule has 1 aliphatic carbocycles. The molecule has 1 fully saturated rings. The van der Waals surface area contributed by atoms with Crippen LogP contribution in [-0.2, 0) is 0 Å².